The molecule has 0 unspecified atom stereocenters. The van der Waals surface area contributed by atoms with Crippen LogP contribution in [-0.2, 0) is 4.79 Å². The summed E-state index contributed by atoms with van der Waals surface area (Å²) in [6, 6.07) is 0.463. The monoisotopic (exact) mass is 269 g/mol. The van der Waals surface area contributed by atoms with Gasteiger partial charge in [-0.3, -0.25) is 4.79 Å². The highest BCUT2D eigenvalue weighted by Crippen LogP contribution is 2.32. The Morgan fingerprint density at radius 2 is 1.90 bits per heavy atom. The number of amides is 1. The summed E-state index contributed by atoms with van der Waals surface area (Å²) in [5, 5.41) is 0. The maximum absolute atomic E-state index is 12.3. The predicted molar refractivity (Wildman–Crippen MR) is 82.3 cm³/mol. The first-order valence-electron chi connectivity index (χ1n) is 7.84. The summed E-state index contributed by atoms with van der Waals surface area (Å²) in [5.74, 6) is 0.210. The molecule has 0 aromatic heterocycles. The zero-order valence-corrected chi connectivity index (χ0v) is 12.1. The fourth-order valence-corrected chi connectivity index (χ4v) is 3.61. The number of allylic oxidation sites excluding steroid dienone is 4. The van der Waals surface area contributed by atoms with Crippen LogP contribution in [0.15, 0.2) is 47.6 Å². The standard InChI is InChI=1S/C18H23NO/c1-2-14-8-6-7-11-17(14)15-12-18(20)19(13-15)16-9-4-3-5-10-16/h2,8,11-12,16H,1,3-7,9-10,13H2. The minimum Gasteiger partial charge on any atom is -0.332 e. The van der Waals surface area contributed by atoms with E-state index >= 15 is 0 Å². The topological polar surface area (TPSA) is 20.3 Å². The fraction of sp³-hybridized carbons (Fsp3) is 0.500. The quantitative estimate of drug-likeness (QED) is 0.760. The number of carbonyl (C=O) groups is 1. The smallest absolute Gasteiger partial charge is 0.247 e. The molecule has 1 saturated carbocycles. The van der Waals surface area contributed by atoms with Crippen LogP contribution in [0.5, 0.6) is 0 Å². The molecular formula is C18H23NO. The van der Waals surface area contributed by atoms with E-state index in [2.05, 4.69) is 23.6 Å². The van der Waals surface area contributed by atoms with Crippen molar-refractivity contribution in [3.63, 3.8) is 0 Å². The van der Waals surface area contributed by atoms with Crippen LogP contribution in [-0.4, -0.2) is 23.4 Å². The summed E-state index contributed by atoms with van der Waals surface area (Å²) in [5.41, 5.74) is 3.62. The summed E-state index contributed by atoms with van der Waals surface area (Å²) < 4.78 is 0. The molecule has 0 spiro atoms. The summed E-state index contributed by atoms with van der Waals surface area (Å²) in [4.78, 5) is 14.4. The Labute approximate surface area is 121 Å². The summed E-state index contributed by atoms with van der Waals surface area (Å²) in [6.07, 6.45) is 16.6. The van der Waals surface area contributed by atoms with Gasteiger partial charge in [-0.15, -0.1) is 0 Å². The first kappa shape index (κ1) is 13.4. The van der Waals surface area contributed by atoms with E-state index in [4.69, 9.17) is 0 Å². The van der Waals surface area contributed by atoms with Crippen molar-refractivity contribution < 1.29 is 4.79 Å². The van der Waals surface area contributed by atoms with Crippen LogP contribution >= 0.6 is 0 Å². The molecule has 3 aliphatic rings. The van der Waals surface area contributed by atoms with Crippen molar-refractivity contribution >= 4 is 5.91 Å². The van der Waals surface area contributed by atoms with E-state index in [1.165, 1.54) is 48.8 Å². The molecule has 0 bridgehead atoms. The van der Waals surface area contributed by atoms with Crippen LogP contribution in [0.1, 0.15) is 44.9 Å². The summed E-state index contributed by atoms with van der Waals surface area (Å²) in [6.45, 7) is 4.69. The van der Waals surface area contributed by atoms with Crippen molar-refractivity contribution in [2.45, 2.75) is 51.0 Å². The van der Waals surface area contributed by atoms with E-state index in [9.17, 15) is 4.79 Å². The summed E-state index contributed by atoms with van der Waals surface area (Å²) in [7, 11) is 0. The lowest BCUT2D eigenvalue weighted by atomic mass is 9.91. The molecule has 0 aromatic carbocycles. The molecule has 3 rings (SSSR count). The number of rotatable bonds is 3. The molecule has 2 heteroatoms. The predicted octanol–water partition coefficient (Wildman–Crippen LogP) is 3.92. The Bertz CT molecular complexity index is 504. The molecule has 2 nitrogen and oxygen atoms in total. The molecule has 2 aliphatic carbocycles. The Morgan fingerprint density at radius 1 is 1.15 bits per heavy atom. The average Bonchev–Trinajstić information content (AvgIpc) is 2.90. The molecule has 20 heavy (non-hydrogen) atoms. The number of carbonyl (C=O) groups excluding carboxylic acids is 1. The van der Waals surface area contributed by atoms with Gasteiger partial charge in [0.15, 0.2) is 0 Å². The zero-order valence-electron chi connectivity index (χ0n) is 12.1. The van der Waals surface area contributed by atoms with Gasteiger partial charge in [0.05, 0.1) is 0 Å². The first-order valence-corrected chi connectivity index (χ1v) is 7.84. The number of hydrogen-bond donors (Lipinski definition) is 0. The molecule has 0 atom stereocenters. The lowest BCUT2D eigenvalue weighted by Gasteiger charge is -2.31. The second kappa shape index (κ2) is 5.82. The lowest BCUT2D eigenvalue weighted by Crippen LogP contribution is -2.38. The third-order valence-electron chi connectivity index (χ3n) is 4.69. The van der Waals surface area contributed by atoms with Gasteiger partial charge in [-0.2, -0.15) is 0 Å². The minimum absolute atomic E-state index is 0.210. The molecule has 1 aliphatic heterocycles. The van der Waals surface area contributed by atoms with Crippen LogP contribution in [0.2, 0.25) is 0 Å². The van der Waals surface area contributed by atoms with Crippen LogP contribution in [0.25, 0.3) is 0 Å². The van der Waals surface area contributed by atoms with Gasteiger partial charge in [0.25, 0.3) is 0 Å². The molecule has 1 fully saturated rings. The molecule has 1 heterocycles. The van der Waals surface area contributed by atoms with Gasteiger partial charge in [-0.05, 0) is 42.4 Å². The van der Waals surface area contributed by atoms with Gasteiger partial charge in [0.2, 0.25) is 5.91 Å². The fourth-order valence-electron chi connectivity index (χ4n) is 3.61. The van der Waals surface area contributed by atoms with Crippen molar-refractivity contribution in [2.75, 3.05) is 6.54 Å². The maximum Gasteiger partial charge on any atom is 0.247 e. The minimum atomic E-state index is 0.210. The first-order chi connectivity index (χ1) is 9.79. The van der Waals surface area contributed by atoms with Crippen LogP contribution in [0.3, 0.4) is 0 Å². The molecule has 0 aromatic rings. The van der Waals surface area contributed by atoms with E-state index in [-0.39, 0.29) is 5.91 Å². The van der Waals surface area contributed by atoms with Crippen molar-refractivity contribution in [2.24, 2.45) is 0 Å². The van der Waals surface area contributed by atoms with Crippen molar-refractivity contribution in [1.82, 2.24) is 4.90 Å². The highest BCUT2D eigenvalue weighted by Gasteiger charge is 2.31. The highest BCUT2D eigenvalue weighted by molar-refractivity contribution is 5.93. The molecule has 106 valence electrons. The van der Waals surface area contributed by atoms with Crippen LogP contribution in [0.4, 0.5) is 0 Å². The number of hydrogen-bond acceptors (Lipinski definition) is 1. The largest absolute Gasteiger partial charge is 0.332 e. The Morgan fingerprint density at radius 3 is 2.65 bits per heavy atom. The molecule has 0 saturated heterocycles. The van der Waals surface area contributed by atoms with Gasteiger partial charge in [0.1, 0.15) is 0 Å². The third-order valence-corrected chi connectivity index (χ3v) is 4.69. The van der Waals surface area contributed by atoms with Crippen molar-refractivity contribution in [3.8, 4) is 0 Å². The van der Waals surface area contributed by atoms with Crippen LogP contribution < -0.4 is 0 Å². The van der Waals surface area contributed by atoms with E-state index in [1.54, 1.807) is 0 Å². The lowest BCUT2D eigenvalue weighted by molar-refractivity contribution is -0.127. The Balaban J connectivity index is 1.75. The van der Waals surface area contributed by atoms with E-state index in [1.807, 2.05) is 12.2 Å². The van der Waals surface area contributed by atoms with E-state index in [0.717, 1.165) is 19.4 Å². The third kappa shape index (κ3) is 2.52. The molecule has 1 amide bonds. The average molecular weight is 269 g/mol. The maximum atomic E-state index is 12.3. The normalized spacial score (nSPS) is 24.3. The second-order valence-corrected chi connectivity index (χ2v) is 5.99. The molecular weight excluding hydrogens is 246 g/mol. The number of nitrogens with zero attached hydrogens (tertiary/aromatic N) is 1. The van der Waals surface area contributed by atoms with Gasteiger partial charge in [-0.25, -0.2) is 0 Å². The summed E-state index contributed by atoms with van der Waals surface area (Å²) >= 11 is 0. The van der Waals surface area contributed by atoms with Gasteiger partial charge in [-0.1, -0.05) is 44.1 Å². The van der Waals surface area contributed by atoms with E-state index < -0.39 is 0 Å². The SMILES string of the molecule is C=CC1=CCCC=C1C1=CC(=O)N(C2CCCCC2)C1. The van der Waals surface area contributed by atoms with Gasteiger partial charge in [0, 0.05) is 18.7 Å². The van der Waals surface area contributed by atoms with E-state index in [0.29, 0.717) is 6.04 Å². The van der Waals surface area contributed by atoms with Crippen molar-refractivity contribution in [3.05, 3.63) is 47.6 Å². The van der Waals surface area contributed by atoms with Gasteiger partial charge < -0.3 is 4.90 Å². The zero-order chi connectivity index (χ0) is 13.9. The highest BCUT2D eigenvalue weighted by atomic mass is 16.2. The second-order valence-electron chi connectivity index (χ2n) is 5.99. The Hall–Kier alpha value is -1.57. The molecule has 0 N–H and O–H groups in total. The van der Waals surface area contributed by atoms with Crippen molar-refractivity contribution in [1.29, 1.82) is 0 Å². The molecule has 0 radical (unpaired) electrons. The van der Waals surface area contributed by atoms with Crippen LogP contribution in [0, 0.1) is 0 Å². The van der Waals surface area contributed by atoms with Gasteiger partial charge >= 0.3 is 0 Å². The Kier molecular flexibility index (Phi) is 3.90.